The fourth-order valence-corrected chi connectivity index (χ4v) is 6.30. The Labute approximate surface area is 213 Å². The number of phenols is 1. The maximum atomic E-state index is 15.7. The minimum Gasteiger partial charge on any atom is -0.507 e. The number of fused-ring (bicyclic) bond motifs is 2. The average molecular weight is 509 g/mol. The number of aromatic hydroxyl groups is 1. The first-order valence-electron chi connectivity index (χ1n) is 12.9. The van der Waals surface area contributed by atoms with Crippen molar-refractivity contribution in [3.8, 4) is 28.4 Å². The molecule has 3 aliphatic rings. The monoisotopic (exact) mass is 508 g/mol. The molecule has 3 aliphatic carbocycles. The molecule has 8 nitrogen and oxygen atoms in total. The predicted molar refractivity (Wildman–Crippen MR) is 134 cm³/mol. The van der Waals surface area contributed by atoms with Crippen molar-refractivity contribution in [1.29, 1.82) is 0 Å². The van der Waals surface area contributed by atoms with Crippen LogP contribution < -0.4 is 10.6 Å². The lowest BCUT2D eigenvalue weighted by Crippen LogP contribution is -2.54. The van der Waals surface area contributed by atoms with Crippen molar-refractivity contribution in [2.45, 2.75) is 70.1 Å². The number of benzene rings is 1. The van der Waals surface area contributed by atoms with E-state index >= 15 is 4.39 Å². The van der Waals surface area contributed by atoms with Crippen molar-refractivity contribution in [2.24, 2.45) is 18.4 Å². The van der Waals surface area contributed by atoms with E-state index < -0.39 is 17.8 Å². The Morgan fingerprint density at radius 2 is 1.97 bits per heavy atom. The molecule has 2 bridgehead atoms. The van der Waals surface area contributed by atoms with Crippen LogP contribution in [0.3, 0.4) is 0 Å². The third kappa shape index (κ3) is 4.36. The highest BCUT2D eigenvalue weighted by Gasteiger charge is 2.50. The molecule has 0 aliphatic heterocycles. The Morgan fingerprint density at radius 3 is 2.65 bits per heavy atom. The molecule has 2 aromatic heterocycles. The van der Waals surface area contributed by atoms with E-state index in [0.29, 0.717) is 16.9 Å². The summed E-state index contributed by atoms with van der Waals surface area (Å²) in [6.07, 6.45) is 7.70. The zero-order valence-corrected chi connectivity index (χ0v) is 20.9. The number of alkyl halides is 1. The molecular formula is C27H30F2N6O2. The lowest BCUT2D eigenvalue weighted by atomic mass is 9.60. The van der Waals surface area contributed by atoms with Crippen LogP contribution in [0.2, 0.25) is 0 Å². The summed E-state index contributed by atoms with van der Waals surface area (Å²) < 4.78 is 30.5. The summed E-state index contributed by atoms with van der Waals surface area (Å²) in [5.41, 5.74) is 0.274. The van der Waals surface area contributed by atoms with Gasteiger partial charge in [0.15, 0.2) is 17.6 Å². The number of rotatable bonds is 5. The molecule has 3 aromatic rings. The molecule has 10 heteroatoms. The number of hydrogen-bond acceptors (Lipinski definition) is 7. The summed E-state index contributed by atoms with van der Waals surface area (Å²) in [5, 5.41) is 19.4. The molecule has 0 unspecified atom stereocenters. The second-order valence-corrected chi connectivity index (χ2v) is 11.2. The number of hydrogen-bond donors (Lipinski definition) is 1. The van der Waals surface area contributed by atoms with Gasteiger partial charge in [0.2, 0.25) is 0 Å². The quantitative estimate of drug-likeness (QED) is 0.510. The van der Waals surface area contributed by atoms with Crippen molar-refractivity contribution >= 4 is 5.82 Å². The number of aromatic nitrogens is 5. The predicted octanol–water partition coefficient (Wildman–Crippen LogP) is 4.42. The minimum absolute atomic E-state index is 0.0992. The third-order valence-electron chi connectivity index (χ3n) is 8.36. The van der Waals surface area contributed by atoms with E-state index in [9.17, 15) is 14.3 Å². The molecule has 1 N–H and O–H groups in total. The fourth-order valence-electron chi connectivity index (χ4n) is 6.30. The molecule has 3 saturated carbocycles. The maximum Gasteiger partial charge on any atom is 0.350 e. The first-order valence-corrected chi connectivity index (χ1v) is 12.9. The summed E-state index contributed by atoms with van der Waals surface area (Å²) in [6.45, 7) is 2.29. The normalized spacial score (nSPS) is 27.2. The number of phenolic OH excluding ortho intramolecular Hbond substituents is 1. The van der Waals surface area contributed by atoms with E-state index in [1.54, 1.807) is 18.3 Å². The molecule has 0 saturated heterocycles. The van der Waals surface area contributed by atoms with Crippen LogP contribution in [0.15, 0.2) is 35.3 Å². The van der Waals surface area contributed by atoms with Crippen LogP contribution in [0.1, 0.15) is 51.9 Å². The van der Waals surface area contributed by atoms with E-state index in [2.05, 4.69) is 32.0 Å². The van der Waals surface area contributed by atoms with Gasteiger partial charge in [-0.2, -0.15) is 9.37 Å². The van der Waals surface area contributed by atoms with Gasteiger partial charge < -0.3 is 10.0 Å². The van der Waals surface area contributed by atoms with E-state index in [-0.39, 0.29) is 40.7 Å². The summed E-state index contributed by atoms with van der Waals surface area (Å²) in [5.74, 6) is 0.00959. The first kappa shape index (κ1) is 23.9. The van der Waals surface area contributed by atoms with Gasteiger partial charge in [-0.15, -0.1) is 10.2 Å². The van der Waals surface area contributed by atoms with Gasteiger partial charge in [0.05, 0.1) is 23.5 Å². The number of anilines is 1. The Morgan fingerprint density at radius 1 is 1.16 bits per heavy atom. The molecule has 1 aromatic carbocycles. The van der Waals surface area contributed by atoms with Gasteiger partial charge in [0.1, 0.15) is 11.9 Å². The second-order valence-electron chi connectivity index (χ2n) is 11.2. The van der Waals surface area contributed by atoms with Crippen molar-refractivity contribution < 1.29 is 13.9 Å². The molecule has 194 valence electrons. The second kappa shape index (κ2) is 8.85. The molecule has 6 rings (SSSR count). The topological polar surface area (TPSA) is 97.0 Å². The maximum absolute atomic E-state index is 15.7. The third-order valence-corrected chi connectivity index (χ3v) is 8.36. The molecule has 0 spiro atoms. The Hall–Kier alpha value is -3.43. The molecule has 37 heavy (non-hydrogen) atoms. The zero-order chi connectivity index (χ0) is 25.9. The molecule has 2 heterocycles. The van der Waals surface area contributed by atoms with Crippen LogP contribution in [0, 0.1) is 17.3 Å². The number of halogens is 2. The smallest absolute Gasteiger partial charge is 0.350 e. The summed E-state index contributed by atoms with van der Waals surface area (Å²) in [7, 11) is 1.29. The van der Waals surface area contributed by atoms with Crippen molar-refractivity contribution in [3.05, 3.63) is 46.9 Å². The number of nitrogens with zero attached hydrogens (tertiary/aromatic N) is 6. The Balaban J connectivity index is 1.27. The van der Waals surface area contributed by atoms with Gasteiger partial charge in [-0.25, -0.2) is 14.2 Å². The summed E-state index contributed by atoms with van der Waals surface area (Å²) >= 11 is 0. The van der Waals surface area contributed by atoms with Gasteiger partial charge in [0, 0.05) is 24.7 Å². The summed E-state index contributed by atoms with van der Waals surface area (Å²) in [6, 6.07) is 5.74. The minimum atomic E-state index is -0.889. The SMILES string of the molecule is Cn1c(F)cc(-c2ccc(-c3ncc(N(C4CC4)[C@@H]4C[C@@]5(C)CCC[C@H](C5)[C@@H]4F)nn3)c(O)c2)nc1=O. The van der Waals surface area contributed by atoms with Crippen LogP contribution in [0.25, 0.3) is 22.6 Å². The molecule has 0 amide bonds. The summed E-state index contributed by atoms with van der Waals surface area (Å²) in [4.78, 5) is 22.3. The van der Waals surface area contributed by atoms with Gasteiger partial charge in [-0.3, -0.25) is 4.57 Å². The molecule has 4 atom stereocenters. The lowest BCUT2D eigenvalue weighted by molar-refractivity contribution is 0.00942. The van der Waals surface area contributed by atoms with Crippen LogP contribution in [-0.2, 0) is 7.05 Å². The van der Waals surface area contributed by atoms with Gasteiger partial charge in [0.25, 0.3) is 0 Å². The van der Waals surface area contributed by atoms with Crippen LogP contribution in [0.4, 0.5) is 14.6 Å². The molecular weight excluding hydrogens is 478 g/mol. The van der Waals surface area contributed by atoms with Gasteiger partial charge in [-0.1, -0.05) is 19.4 Å². The molecule has 0 radical (unpaired) electrons. The van der Waals surface area contributed by atoms with E-state index in [1.807, 2.05) is 0 Å². The highest BCUT2D eigenvalue weighted by atomic mass is 19.1. The molecule has 3 fully saturated rings. The average Bonchev–Trinajstić information content (AvgIpc) is 3.71. The van der Waals surface area contributed by atoms with Crippen LogP contribution >= 0.6 is 0 Å². The lowest BCUT2D eigenvalue weighted by Gasteiger charge is -2.51. The fraction of sp³-hybridized carbons (Fsp3) is 0.519. The zero-order valence-electron chi connectivity index (χ0n) is 20.9. The Kier molecular flexibility index (Phi) is 5.72. The van der Waals surface area contributed by atoms with E-state index in [1.165, 1.54) is 13.1 Å². The van der Waals surface area contributed by atoms with E-state index in [0.717, 1.165) is 55.6 Å². The van der Waals surface area contributed by atoms with Crippen LogP contribution in [-0.4, -0.2) is 48.1 Å². The standard InChI is InChI=1S/C27H30F2N6O2/c1-27-9-3-4-16(12-27)24(29)20(13-27)35(17-6-7-17)23-14-30-25(33-32-23)18-8-5-15(10-21(18)36)19-11-22(28)34(2)26(37)31-19/h5,8,10-11,14,16-17,20,24,36H,3-4,6-7,9,12-13H2,1-2H3/t16-,20-,24+,27+/m1/s1. The van der Waals surface area contributed by atoms with Crippen molar-refractivity contribution in [1.82, 2.24) is 24.7 Å². The largest absolute Gasteiger partial charge is 0.507 e. The first-order chi connectivity index (χ1) is 17.7. The van der Waals surface area contributed by atoms with Crippen LogP contribution in [0.5, 0.6) is 5.75 Å². The van der Waals surface area contributed by atoms with Crippen molar-refractivity contribution in [3.63, 3.8) is 0 Å². The van der Waals surface area contributed by atoms with Gasteiger partial charge >= 0.3 is 5.69 Å². The van der Waals surface area contributed by atoms with Crippen molar-refractivity contribution in [2.75, 3.05) is 4.90 Å². The highest BCUT2D eigenvalue weighted by Crippen LogP contribution is 2.52. The van der Waals surface area contributed by atoms with Gasteiger partial charge in [-0.05, 0) is 62.0 Å². The van der Waals surface area contributed by atoms with E-state index in [4.69, 9.17) is 0 Å². The highest BCUT2D eigenvalue weighted by molar-refractivity contribution is 5.71. The Bertz CT molecular complexity index is 1390.